The lowest BCUT2D eigenvalue weighted by atomic mass is 9.97. The monoisotopic (exact) mass is 401 g/mol. The predicted octanol–water partition coefficient (Wildman–Crippen LogP) is 5.23. The van der Waals surface area contributed by atoms with Gasteiger partial charge in [-0.25, -0.2) is 9.59 Å². The molecule has 0 aliphatic carbocycles. The number of rotatable bonds is 11. The minimum atomic E-state index is -0.954. The molecule has 0 atom stereocenters. The van der Waals surface area contributed by atoms with Gasteiger partial charge in [0.05, 0.1) is 13.2 Å². The number of carboxylic acid groups (broad SMARTS) is 1. The van der Waals surface area contributed by atoms with Gasteiger partial charge in [-0.15, -0.1) is 0 Å². The van der Waals surface area contributed by atoms with Gasteiger partial charge in [0.1, 0.15) is 0 Å². The number of halogens is 1. The molecule has 0 spiro atoms. The number of hydrogen-bond donors (Lipinski definition) is 2. The molecular formula is C20H32ClNO5. The van der Waals surface area contributed by atoms with Gasteiger partial charge in [0.25, 0.3) is 0 Å². The molecule has 154 valence electrons. The first kappa shape index (κ1) is 25.2. The summed E-state index contributed by atoms with van der Waals surface area (Å²) in [5, 5.41) is 11.2. The summed E-state index contributed by atoms with van der Waals surface area (Å²) in [6.07, 6.45) is 3.95. The highest BCUT2D eigenvalue weighted by atomic mass is 35.5. The smallest absolute Gasteiger partial charge is 0.405 e. The van der Waals surface area contributed by atoms with E-state index in [-0.39, 0.29) is 5.54 Å². The second-order valence-electron chi connectivity index (χ2n) is 6.64. The Morgan fingerprint density at radius 1 is 1.11 bits per heavy atom. The minimum Gasteiger partial charge on any atom is -0.465 e. The standard InChI is InChI=1S/C17H27NO3.C3H5ClO2/c1-17(2,18-16(19)20)12-7-4-8-13-21-14-11-15-9-5-3-6-10-15;1-2-6-3(4)5/h3,5-6,9-10,18H,4,7-8,11-14H2,1-2H3,(H,19,20);2H2,1H3. The second-order valence-corrected chi connectivity index (χ2v) is 6.95. The highest BCUT2D eigenvalue weighted by Gasteiger charge is 2.18. The number of ether oxygens (including phenoxy) is 2. The largest absolute Gasteiger partial charge is 0.465 e. The number of unbranched alkanes of at least 4 members (excludes halogenated alkanes) is 2. The predicted molar refractivity (Wildman–Crippen MR) is 108 cm³/mol. The van der Waals surface area contributed by atoms with Crippen LogP contribution < -0.4 is 5.32 Å². The molecule has 1 aromatic rings. The molecule has 0 saturated carbocycles. The number of nitrogens with one attached hydrogen (secondary N) is 1. The van der Waals surface area contributed by atoms with Crippen LogP contribution >= 0.6 is 11.6 Å². The maximum Gasteiger partial charge on any atom is 0.405 e. The quantitative estimate of drug-likeness (QED) is 0.391. The van der Waals surface area contributed by atoms with E-state index in [4.69, 9.17) is 21.4 Å². The first-order valence-electron chi connectivity index (χ1n) is 9.22. The molecule has 6 nitrogen and oxygen atoms in total. The van der Waals surface area contributed by atoms with E-state index in [1.54, 1.807) is 6.92 Å². The van der Waals surface area contributed by atoms with Crippen LogP contribution in [0.15, 0.2) is 30.3 Å². The van der Waals surface area contributed by atoms with Crippen molar-refractivity contribution in [3.63, 3.8) is 0 Å². The van der Waals surface area contributed by atoms with E-state index in [0.29, 0.717) is 6.61 Å². The third kappa shape index (κ3) is 17.4. The molecule has 7 heteroatoms. The average molecular weight is 402 g/mol. The maximum atomic E-state index is 10.6. The Balaban J connectivity index is 0.000000972. The molecule has 0 heterocycles. The molecular weight excluding hydrogens is 370 g/mol. The first-order valence-corrected chi connectivity index (χ1v) is 9.59. The van der Waals surface area contributed by atoms with Crippen LogP contribution in [0.1, 0.15) is 52.0 Å². The van der Waals surface area contributed by atoms with Gasteiger partial charge in [-0.2, -0.15) is 0 Å². The number of carbonyl (C=O) groups is 2. The summed E-state index contributed by atoms with van der Waals surface area (Å²) in [5.41, 5.74) is 0.219. The summed E-state index contributed by atoms with van der Waals surface area (Å²) < 4.78 is 9.79. The van der Waals surface area contributed by atoms with Gasteiger partial charge in [-0.1, -0.05) is 43.2 Å². The van der Waals surface area contributed by atoms with Gasteiger partial charge < -0.3 is 19.9 Å². The molecule has 0 saturated heterocycles. The van der Waals surface area contributed by atoms with Crippen LogP contribution in [0.5, 0.6) is 0 Å². The van der Waals surface area contributed by atoms with Gasteiger partial charge in [0.15, 0.2) is 0 Å². The maximum absolute atomic E-state index is 10.6. The first-order chi connectivity index (χ1) is 12.8. The summed E-state index contributed by atoms with van der Waals surface area (Å²) >= 11 is 4.72. The lowest BCUT2D eigenvalue weighted by molar-refractivity contribution is 0.132. The summed E-state index contributed by atoms with van der Waals surface area (Å²) in [6, 6.07) is 10.3. The Morgan fingerprint density at radius 2 is 1.78 bits per heavy atom. The zero-order valence-electron chi connectivity index (χ0n) is 16.5. The van der Waals surface area contributed by atoms with Crippen molar-refractivity contribution in [1.29, 1.82) is 0 Å². The Kier molecular flexibility index (Phi) is 14.3. The van der Waals surface area contributed by atoms with Gasteiger partial charge in [0, 0.05) is 23.7 Å². The van der Waals surface area contributed by atoms with E-state index >= 15 is 0 Å². The molecule has 0 aliphatic rings. The highest BCUT2D eigenvalue weighted by molar-refractivity contribution is 6.61. The van der Waals surface area contributed by atoms with Crippen molar-refractivity contribution >= 4 is 23.1 Å². The second kappa shape index (κ2) is 15.3. The zero-order chi connectivity index (χ0) is 20.5. The van der Waals surface area contributed by atoms with E-state index in [1.165, 1.54) is 5.56 Å². The van der Waals surface area contributed by atoms with Crippen LogP contribution in [0.3, 0.4) is 0 Å². The number of hydrogen-bond acceptors (Lipinski definition) is 4. The fourth-order valence-corrected chi connectivity index (χ4v) is 2.46. The van der Waals surface area contributed by atoms with Crippen LogP contribution in [0, 0.1) is 0 Å². The van der Waals surface area contributed by atoms with Gasteiger partial charge in [-0.3, -0.25) is 0 Å². The molecule has 0 aromatic heterocycles. The molecule has 0 fully saturated rings. The molecule has 1 aromatic carbocycles. The van der Waals surface area contributed by atoms with E-state index in [9.17, 15) is 9.59 Å². The van der Waals surface area contributed by atoms with Crippen molar-refractivity contribution < 1.29 is 24.2 Å². The van der Waals surface area contributed by atoms with Gasteiger partial charge in [-0.05, 0) is 45.6 Å². The van der Waals surface area contributed by atoms with Crippen LogP contribution in [-0.4, -0.2) is 42.0 Å². The Morgan fingerprint density at radius 3 is 2.30 bits per heavy atom. The highest BCUT2D eigenvalue weighted by Crippen LogP contribution is 2.13. The molecule has 0 radical (unpaired) electrons. The number of carbonyl (C=O) groups excluding carboxylic acids is 1. The van der Waals surface area contributed by atoms with Crippen molar-refractivity contribution in [3.8, 4) is 0 Å². The normalized spacial score (nSPS) is 10.5. The van der Waals surface area contributed by atoms with Crippen molar-refractivity contribution in [1.82, 2.24) is 5.32 Å². The van der Waals surface area contributed by atoms with E-state index in [2.05, 4.69) is 22.2 Å². The summed E-state index contributed by atoms with van der Waals surface area (Å²) in [7, 11) is 0. The molecule has 1 rings (SSSR count). The van der Waals surface area contributed by atoms with Crippen molar-refractivity contribution in [2.24, 2.45) is 0 Å². The topological polar surface area (TPSA) is 84.9 Å². The summed E-state index contributed by atoms with van der Waals surface area (Å²) in [6.45, 7) is 7.41. The molecule has 0 aliphatic heterocycles. The van der Waals surface area contributed by atoms with Crippen LogP contribution in [0.25, 0.3) is 0 Å². The third-order valence-electron chi connectivity index (χ3n) is 3.67. The molecule has 2 N–H and O–H groups in total. The van der Waals surface area contributed by atoms with E-state index in [0.717, 1.165) is 45.3 Å². The van der Waals surface area contributed by atoms with E-state index < -0.39 is 11.5 Å². The number of benzene rings is 1. The van der Waals surface area contributed by atoms with Crippen molar-refractivity contribution in [3.05, 3.63) is 35.9 Å². The fourth-order valence-electron chi connectivity index (χ4n) is 2.35. The van der Waals surface area contributed by atoms with E-state index in [1.807, 2.05) is 32.0 Å². The van der Waals surface area contributed by atoms with Crippen molar-refractivity contribution in [2.45, 2.75) is 58.4 Å². The lowest BCUT2D eigenvalue weighted by Crippen LogP contribution is -2.42. The summed E-state index contributed by atoms with van der Waals surface area (Å²) in [5.74, 6) is 0. The van der Waals surface area contributed by atoms with Gasteiger partial charge in [0.2, 0.25) is 0 Å². The summed E-state index contributed by atoms with van der Waals surface area (Å²) in [4.78, 5) is 20.2. The zero-order valence-corrected chi connectivity index (χ0v) is 17.3. The van der Waals surface area contributed by atoms with Crippen LogP contribution in [0.4, 0.5) is 9.59 Å². The Labute approximate surface area is 167 Å². The van der Waals surface area contributed by atoms with Crippen molar-refractivity contribution in [2.75, 3.05) is 19.8 Å². The Hall–Kier alpha value is -1.79. The average Bonchev–Trinajstić information content (AvgIpc) is 2.57. The van der Waals surface area contributed by atoms with Crippen LogP contribution in [0.2, 0.25) is 0 Å². The molecule has 0 bridgehead atoms. The molecule has 1 amide bonds. The molecule has 27 heavy (non-hydrogen) atoms. The number of amides is 1. The lowest BCUT2D eigenvalue weighted by Gasteiger charge is -2.24. The minimum absolute atomic E-state index is 0.347. The Bertz CT molecular complexity index is 522. The third-order valence-corrected chi connectivity index (χ3v) is 3.78. The molecule has 0 unspecified atom stereocenters. The van der Waals surface area contributed by atoms with Crippen LogP contribution in [-0.2, 0) is 15.9 Å². The van der Waals surface area contributed by atoms with Gasteiger partial charge >= 0.3 is 11.5 Å². The fraction of sp³-hybridized carbons (Fsp3) is 0.600. The SMILES string of the molecule is CC(C)(CCCCCOCCc1ccccc1)NC(=O)O.CCOC(=O)Cl.